The van der Waals surface area contributed by atoms with Crippen LogP contribution in [0.4, 0.5) is 0 Å². The maximum absolute atomic E-state index is 12.0. The van der Waals surface area contributed by atoms with Gasteiger partial charge in [-0.1, -0.05) is 41.6 Å². The van der Waals surface area contributed by atoms with E-state index >= 15 is 0 Å². The number of rotatable bonds is 4. The number of alkyl halides is 1. The second-order valence-electron chi connectivity index (χ2n) is 5.69. The third-order valence-electron chi connectivity index (χ3n) is 4.53. The van der Waals surface area contributed by atoms with Gasteiger partial charge in [0.05, 0.1) is 0 Å². The Labute approximate surface area is 113 Å². The largest absolute Gasteiger partial charge is 0.356 e. The van der Waals surface area contributed by atoms with Gasteiger partial charge in [-0.3, -0.25) is 4.79 Å². The van der Waals surface area contributed by atoms with Gasteiger partial charge in [-0.25, -0.2) is 0 Å². The van der Waals surface area contributed by atoms with E-state index in [9.17, 15) is 4.79 Å². The van der Waals surface area contributed by atoms with Crippen molar-refractivity contribution in [1.29, 1.82) is 0 Å². The number of carbonyl (C=O) groups is 1. The third kappa shape index (κ3) is 3.70. The molecule has 0 spiro atoms. The van der Waals surface area contributed by atoms with Gasteiger partial charge in [0.2, 0.25) is 5.91 Å². The van der Waals surface area contributed by atoms with E-state index in [1.807, 2.05) is 0 Å². The SMILES string of the molecule is O=C(NCC1CCCCC1CBr)C1CCCC1. The number of halogens is 1. The van der Waals surface area contributed by atoms with Crippen LogP contribution in [0.2, 0.25) is 0 Å². The fourth-order valence-electron chi connectivity index (χ4n) is 3.32. The smallest absolute Gasteiger partial charge is 0.223 e. The Kier molecular flexibility index (Phi) is 5.33. The molecule has 2 fully saturated rings. The monoisotopic (exact) mass is 301 g/mol. The van der Waals surface area contributed by atoms with Crippen molar-refractivity contribution in [2.75, 3.05) is 11.9 Å². The van der Waals surface area contributed by atoms with E-state index in [0.29, 0.717) is 17.7 Å². The summed E-state index contributed by atoms with van der Waals surface area (Å²) in [5.74, 6) is 2.11. The first-order valence-electron chi connectivity index (χ1n) is 7.15. The van der Waals surface area contributed by atoms with E-state index in [0.717, 1.165) is 30.6 Å². The molecule has 0 radical (unpaired) electrons. The minimum atomic E-state index is 0.320. The lowest BCUT2D eigenvalue weighted by Crippen LogP contribution is -2.37. The van der Waals surface area contributed by atoms with Crippen LogP contribution in [-0.4, -0.2) is 17.8 Å². The predicted molar refractivity (Wildman–Crippen MR) is 74.2 cm³/mol. The standard InChI is InChI=1S/C14H24BrNO/c15-9-12-7-3-4-8-13(12)10-16-14(17)11-5-1-2-6-11/h11-13H,1-10H2,(H,16,17). The molecule has 2 unspecified atom stereocenters. The van der Waals surface area contributed by atoms with Gasteiger partial charge in [0.1, 0.15) is 0 Å². The van der Waals surface area contributed by atoms with Crippen molar-refractivity contribution in [3.63, 3.8) is 0 Å². The van der Waals surface area contributed by atoms with E-state index in [-0.39, 0.29) is 0 Å². The Balaban J connectivity index is 1.74. The molecule has 0 saturated heterocycles. The molecule has 3 heteroatoms. The first-order chi connectivity index (χ1) is 8.31. The van der Waals surface area contributed by atoms with E-state index in [1.165, 1.54) is 38.5 Å². The van der Waals surface area contributed by atoms with Crippen LogP contribution in [-0.2, 0) is 4.79 Å². The summed E-state index contributed by atoms with van der Waals surface area (Å²) in [6.07, 6.45) is 10.0. The Morgan fingerprint density at radius 1 is 1.00 bits per heavy atom. The summed E-state index contributed by atoms with van der Waals surface area (Å²) in [4.78, 5) is 12.0. The van der Waals surface area contributed by atoms with Crippen molar-refractivity contribution in [3.8, 4) is 0 Å². The van der Waals surface area contributed by atoms with E-state index in [4.69, 9.17) is 0 Å². The molecule has 0 aromatic carbocycles. The van der Waals surface area contributed by atoms with Crippen molar-refractivity contribution in [3.05, 3.63) is 0 Å². The fourth-order valence-corrected chi connectivity index (χ4v) is 4.17. The van der Waals surface area contributed by atoms with Gasteiger partial charge in [-0.05, 0) is 37.5 Å². The van der Waals surface area contributed by atoms with Gasteiger partial charge in [-0.2, -0.15) is 0 Å². The average Bonchev–Trinajstić information content (AvgIpc) is 2.90. The lowest BCUT2D eigenvalue weighted by molar-refractivity contribution is -0.125. The topological polar surface area (TPSA) is 29.1 Å². The van der Waals surface area contributed by atoms with E-state index < -0.39 is 0 Å². The normalized spacial score (nSPS) is 30.4. The molecule has 2 aliphatic rings. The summed E-state index contributed by atoms with van der Waals surface area (Å²) in [7, 11) is 0. The predicted octanol–water partition coefficient (Wildman–Crippen LogP) is 3.49. The van der Waals surface area contributed by atoms with Gasteiger partial charge in [-0.15, -0.1) is 0 Å². The number of nitrogens with one attached hydrogen (secondary N) is 1. The molecule has 1 amide bonds. The van der Waals surface area contributed by atoms with Crippen LogP contribution in [0.3, 0.4) is 0 Å². The van der Waals surface area contributed by atoms with Crippen LogP contribution < -0.4 is 5.32 Å². The van der Waals surface area contributed by atoms with Crippen molar-refractivity contribution in [1.82, 2.24) is 5.32 Å². The van der Waals surface area contributed by atoms with Crippen molar-refractivity contribution in [2.24, 2.45) is 17.8 Å². The Hall–Kier alpha value is -0.0500. The molecule has 1 N–H and O–H groups in total. The number of amides is 1. The molecule has 0 heterocycles. The molecule has 2 atom stereocenters. The van der Waals surface area contributed by atoms with Crippen molar-refractivity contribution >= 4 is 21.8 Å². The maximum Gasteiger partial charge on any atom is 0.223 e. The van der Waals surface area contributed by atoms with Crippen LogP contribution >= 0.6 is 15.9 Å². The molecule has 2 rings (SSSR count). The van der Waals surface area contributed by atoms with Crippen LogP contribution in [0.15, 0.2) is 0 Å². The van der Waals surface area contributed by atoms with Crippen LogP contribution in [0.25, 0.3) is 0 Å². The van der Waals surface area contributed by atoms with Gasteiger partial charge < -0.3 is 5.32 Å². The highest BCUT2D eigenvalue weighted by Gasteiger charge is 2.27. The molecule has 17 heavy (non-hydrogen) atoms. The highest BCUT2D eigenvalue weighted by atomic mass is 79.9. The number of hydrogen-bond acceptors (Lipinski definition) is 1. The minimum absolute atomic E-state index is 0.320. The fraction of sp³-hybridized carbons (Fsp3) is 0.929. The zero-order valence-electron chi connectivity index (χ0n) is 10.6. The van der Waals surface area contributed by atoms with Crippen LogP contribution in [0.1, 0.15) is 51.4 Å². The second kappa shape index (κ2) is 6.77. The molecule has 0 aromatic heterocycles. The minimum Gasteiger partial charge on any atom is -0.356 e. The third-order valence-corrected chi connectivity index (χ3v) is 5.36. The molecule has 2 saturated carbocycles. The summed E-state index contributed by atoms with van der Waals surface area (Å²) in [6, 6.07) is 0. The first kappa shape index (κ1) is 13.4. The summed E-state index contributed by atoms with van der Waals surface area (Å²) >= 11 is 3.61. The molecule has 0 bridgehead atoms. The lowest BCUT2D eigenvalue weighted by Gasteiger charge is -2.30. The van der Waals surface area contributed by atoms with Crippen molar-refractivity contribution < 1.29 is 4.79 Å². The number of hydrogen-bond donors (Lipinski definition) is 1. The molecule has 2 aliphatic carbocycles. The van der Waals surface area contributed by atoms with Crippen LogP contribution in [0.5, 0.6) is 0 Å². The maximum atomic E-state index is 12.0. The molecular weight excluding hydrogens is 278 g/mol. The highest BCUT2D eigenvalue weighted by molar-refractivity contribution is 9.09. The molecule has 0 aliphatic heterocycles. The van der Waals surface area contributed by atoms with Gasteiger partial charge in [0, 0.05) is 17.8 Å². The van der Waals surface area contributed by atoms with Gasteiger partial charge in [0.15, 0.2) is 0 Å². The summed E-state index contributed by atoms with van der Waals surface area (Å²) in [5.41, 5.74) is 0. The second-order valence-corrected chi connectivity index (χ2v) is 6.33. The van der Waals surface area contributed by atoms with E-state index in [2.05, 4.69) is 21.2 Å². The zero-order valence-corrected chi connectivity index (χ0v) is 12.2. The quantitative estimate of drug-likeness (QED) is 0.791. The van der Waals surface area contributed by atoms with Crippen LogP contribution in [0, 0.1) is 17.8 Å². The van der Waals surface area contributed by atoms with E-state index in [1.54, 1.807) is 0 Å². The Morgan fingerprint density at radius 2 is 1.59 bits per heavy atom. The summed E-state index contributed by atoms with van der Waals surface area (Å²) < 4.78 is 0. The van der Waals surface area contributed by atoms with Gasteiger partial charge >= 0.3 is 0 Å². The van der Waals surface area contributed by atoms with Gasteiger partial charge in [0.25, 0.3) is 0 Å². The molecule has 2 nitrogen and oxygen atoms in total. The first-order valence-corrected chi connectivity index (χ1v) is 8.27. The highest BCUT2D eigenvalue weighted by Crippen LogP contribution is 2.31. The lowest BCUT2D eigenvalue weighted by atomic mass is 9.80. The Bertz CT molecular complexity index is 251. The average molecular weight is 302 g/mol. The zero-order chi connectivity index (χ0) is 12.1. The molecule has 0 aromatic rings. The van der Waals surface area contributed by atoms with Crippen molar-refractivity contribution in [2.45, 2.75) is 51.4 Å². The molecular formula is C14H24BrNO. The Morgan fingerprint density at radius 3 is 2.24 bits per heavy atom. The molecule has 98 valence electrons. The summed E-state index contributed by atoms with van der Waals surface area (Å²) in [6.45, 7) is 0.908. The summed E-state index contributed by atoms with van der Waals surface area (Å²) in [5, 5.41) is 4.29. The number of carbonyl (C=O) groups excluding carboxylic acids is 1.